The fourth-order valence-corrected chi connectivity index (χ4v) is 3.85. The highest BCUT2D eigenvalue weighted by Gasteiger charge is 2.16. The number of benzene rings is 3. The largest absolute Gasteiger partial charge is 0.492 e. The summed E-state index contributed by atoms with van der Waals surface area (Å²) in [6.07, 6.45) is 0. The number of para-hydroxylation sites is 2. The first-order valence-electron chi connectivity index (χ1n) is 11.1. The van der Waals surface area contributed by atoms with Crippen molar-refractivity contribution in [2.75, 3.05) is 6.61 Å². The van der Waals surface area contributed by atoms with Crippen LogP contribution in [0.4, 0.5) is 0 Å². The van der Waals surface area contributed by atoms with E-state index in [1.54, 1.807) is 0 Å². The van der Waals surface area contributed by atoms with E-state index in [4.69, 9.17) is 9.72 Å². The van der Waals surface area contributed by atoms with Crippen molar-refractivity contribution in [2.45, 2.75) is 52.5 Å². The zero-order chi connectivity index (χ0) is 22.0. The van der Waals surface area contributed by atoms with Crippen molar-refractivity contribution in [1.29, 1.82) is 0 Å². The zero-order valence-electron chi connectivity index (χ0n) is 19.2. The lowest BCUT2D eigenvalue weighted by Gasteiger charge is -2.19. The zero-order valence-corrected chi connectivity index (χ0v) is 19.2. The Hall–Kier alpha value is -3.07. The molecule has 0 unspecified atom stereocenters. The number of ether oxygens (including phenoxy) is 1. The van der Waals surface area contributed by atoms with Gasteiger partial charge < -0.3 is 9.30 Å². The number of fused-ring (bicyclic) bond motifs is 1. The molecule has 0 saturated heterocycles. The SMILES string of the molecule is CC(C)c1ccc(OCCn2c(-c3ccc(C(C)(C)C)cc3)nc3ccccc32)cc1. The molecule has 1 aromatic heterocycles. The molecule has 0 bridgehead atoms. The summed E-state index contributed by atoms with van der Waals surface area (Å²) in [4.78, 5) is 4.94. The van der Waals surface area contributed by atoms with Crippen LogP contribution in [0.2, 0.25) is 0 Å². The molecule has 0 atom stereocenters. The first-order chi connectivity index (χ1) is 14.8. The quantitative estimate of drug-likeness (QED) is 0.335. The molecule has 0 radical (unpaired) electrons. The second-order valence-corrected chi connectivity index (χ2v) is 9.48. The van der Waals surface area contributed by atoms with Gasteiger partial charge in [-0.15, -0.1) is 0 Å². The predicted molar refractivity (Wildman–Crippen MR) is 130 cm³/mol. The van der Waals surface area contributed by atoms with Gasteiger partial charge in [-0.25, -0.2) is 4.98 Å². The van der Waals surface area contributed by atoms with Gasteiger partial charge in [-0.2, -0.15) is 0 Å². The summed E-state index contributed by atoms with van der Waals surface area (Å²) in [6, 6.07) is 25.5. The van der Waals surface area contributed by atoms with Gasteiger partial charge in [-0.3, -0.25) is 0 Å². The van der Waals surface area contributed by atoms with E-state index in [-0.39, 0.29) is 5.41 Å². The molecular weight excluding hydrogens is 380 g/mol. The number of aromatic nitrogens is 2. The maximum absolute atomic E-state index is 6.07. The standard InChI is InChI=1S/C28H32N2O/c1-20(2)21-12-16-24(17-13-21)31-19-18-30-26-9-7-6-8-25(26)29-27(30)22-10-14-23(15-11-22)28(3,4)5/h6-17,20H,18-19H2,1-5H3. The minimum Gasteiger partial charge on any atom is -0.492 e. The third-order valence-corrected chi connectivity index (χ3v) is 5.79. The lowest BCUT2D eigenvalue weighted by Crippen LogP contribution is -2.11. The van der Waals surface area contributed by atoms with Gasteiger partial charge in [0.1, 0.15) is 18.2 Å². The Morgan fingerprint density at radius 2 is 1.55 bits per heavy atom. The number of nitrogens with zero attached hydrogens (tertiary/aromatic N) is 2. The molecule has 4 aromatic rings. The molecule has 4 rings (SSSR count). The van der Waals surface area contributed by atoms with Crippen molar-refractivity contribution in [2.24, 2.45) is 0 Å². The van der Waals surface area contributed by atoms with Crippen LogP contribution in [0.5, 0.6) is 5.75 Å². The molecule has 0 aliphatic rings. The molecule has 160 valence electrons. The summed E-state index contributed by atoms with van der Waals surface area (Å²) < 4.78 is 8.34. The van der Waals surface area contributed by atoms with Gasteiger partial charge in [0.2, 0.25) is 0 Å². The Bertz CT molecular complexity index is 1150. The molecule has 0 amide bonds. The smallest absolute Gasteiger partial charge is 0.141 e. The van der Waals surface area contributed by atoms with Crippen LogP contribution in [0.25, 0.3) is 22.4 Å². The topological polar surface area (TPSA) is 27.1 Å². The summed E-state index contributed by atoms with van der Waals surface area (Å²) in [5.41, 5.74) is 6.07. The minimum atomic E-state index is 0.137. The van der Waals surface area contributed by atoms with E-state index in [0.29, 0.717) is 12.5 Å². The van der Waals surface area contributed by atoms with Gasteiger partial charge in [-0.05, 0) is 46.7 Å². The van der Waals surface area contributed by atoms with Crippen molar-refractivity contribution < 1.29 is 4.74 Å². The Labute approximate surface area is 185 Å². The van der Waals surface area contributed by atoms with Crippen molar-refractivity contribution in [1.82, 2.24) is 9.55 Å². The Balaban J connectivity index is 1.58. The van der Waals surface area contributed by atoms with E-state index in [1.165, 1.54) is 11.1 Å². The molecular formula is C28H32N2O. The van der Waals surface area contributed by atoms with Crippen LogP contribution in [-0.4, -0.2) is 16.2 Å². The maximum atomic E-state index is 6.07. The first-order valence-corrected chi connectivity index (χ1v) is 11.1. The van der Waals surface area contributed by atoms with Gasteiger partial charge in [-0.1, -0.05) is 83.1 Å². The second-order valence-electron chi connectivity index (χ2n) is 9.48. The molecule has 3 nitrogen and oxygen atoms in total. The van der Waals surface area contributed by atoms with Gasteiger partial charge in [0, 0.05) is 5.56 Å². The highest BCUT2D eigenvalue weighted by Crippen LogP contribution is 2.28. The van der Waals surface area contributed by atoms with Crippen molar-refractivity contribution in [3.05, 3.63) is 83.9 Å². The number of hydrogen-bond donors (Lipinski definition) is 0. The van der Waals surface area contributed by atoms with E-state index in [2.05, 4.69) is 106 Å². The molecule has 1 heterocycles. The third-order valence-electron chi connectivity index (χ3n) is 5.79. The molecule has 0 spiro atoms. The summed E-state index contributed by atoms with van der Waals surface area (Å²) in [6.45, 7) is 12.5. The summed E-state index contributed by atoms with van der Waals surface area (Å²) in [5.74, 6) is 2.42. The van der Waals surface area contributed by atoms with Gasteiger partial charge in [0.05, 0.1) is 17.6 Å². The van der Waals surface area contributed by atoms with Gasteiger partial charge >= 0.3 is 0 Å². The summed E-state index contributed by atoms with van der Waals surface area (Å²) in [7, 11) is 0. The van der Waals surface area contributed by atoms with E-state index in [0.717, 1.165) is 34.7 Å². The minimum absolute atomic E-state index is 0.137. The molecule has 31 heavy (non-hydrogen) atoms. The predicted octanol–water partition coefficient (Wildman–Crippen LogP) is 7.20. The molecule has 0 aliphatic carbocycles. The van der Waals surface area contributed by atoms with Crippen LogP contribution in [-0.2, 0) is 12.0 Å². The van der Waals surface area contributed by atoms with Crippen LogP contribution < -0.4 is 4.74 Å². The maximum Gasteiger partial charge on any atom is 0.141 e. The second kappa shape index (κ2) is 8.58. The lowest BCUT2D eigenvalue weighted by atomic mass is 9.87. The molecule has 3 aromatic carbocycles. The van der Waals surface area contributed by atoms with Crippen molar-refractivity contribution in [3.8, 4) is 17.1 Å². The van der Waals surface area contributed by atoms with E-state index >= 15 is 0 Å². The van der Waals surface area contributed by atoms with E-state index in [1.807, 2.05) is 6.07 Å². The van der Waals surface area contributed by atoms with E-state index in [9.17, 15) is 0 Å². The normalized spacial score (nSPS) is 11.9. The molecule has 0 saturated carbocycles. The first kappa shape index (κ1) is 21.2. The summed E-state index contributed by atoms with van der Waals surface area (Å²) >= 11 is 0. The van der Waals surface area contributed by atoms with E-state index < -0.39 is 0 Å². The number of imidazole rings is 1. The van der Waals surface area contributed by atoms with Crippen LogP contribution in [0.1, 0.15) is 51.7 Å². The lowest BCUT2D eigenvalue weighted by molar-refractivity contribution is 0.300. The van der Waals surface area contributed by atoms with Crippen LogP contribution in [0.3, 0.4) is 0 Å². The van der Waals surface area contributed by atoms with Crippen LogP contribution in [0.15, 0.2) is 72.8 Å². The average Bonchev–Trinajstić information content (AvgIpc) is 3.12. The van der Waals surface area contributed by atoms with Gasteiger partial charge in [0.15, 0.2) is 0 Å². The van der Waals surface area contributed by atoms with Gasteiger partial charge in [0.25, 0.3) is 0 Å². The molecule has 3 heteroatoms. The monoisotopic (exact) mass is 412 g/mol. The van der Waals surface area contributed by atoms with Crippen LogP contribution in [0, 0.1) is 0 Å². The van der Waals surface area contributed by atoms with Crippen molar-refractivity contribution >= 4 is 11.0 Å². The molecule has 0 N–H and O–H groups in total. The Morgan fingerprint density at radius 3 is 2.19 bits per heavy atom. The fraction of sp³-hybridized carbons (Fsp3) is 0.321. The van der Waals surface area contributed by atoms with Crippen LogP contribution >= 0.6 is 0 Å². The highest BCUT2D eigenvalue weighted by molar-refractivity contribution is 5.80. The molecule has 0 fully saturated rings. The fourth-order valence-electron chi connectivity index (χ4n) is 3.85. The Kier molecular flexibility index (Phi) is 5.86. The number of rotatable bonds is 6. The Morgan fingerprint density at radius 1 is 0.871 bits per heavy atom. The highest BCUT2D eigenvalue weighted by atomic mass is 16.5. The number of hydrogen-bond acceptors (Lipinski definition) is 2. The van der Waals surface area contributed by atoms with Crippen molar-refractivity contribution in [3.63, 3.8) is 0 Å². The average molecular weight is 413 g/mol. The third kappa shape index (κ3) is 4.66. The molecule has 0 aliphatic heterocycles. The summed E-state index contributed by atoms with van der Waals surface area (Å²) in [5, 5.41) is 0.